The van der Waals surface area contributed by atoms with Crippen molar-refractivity contribution in [3.05, 3.63) is 48.2 Å². The van der Waals surface area contributed by atoms with E-state index in [0.717, 1.165) is 44.6 Å². The van der Waals surface area contributed by atoms with Gasteiger partial charge in [0.15, 0.2) is 0 Å². The minimum atomic E-state index is 0.0723. The van der Waals surface area contributed by atoms with Crippen LogP contribution in [0.25, 0.3) is 0 Å². The van der Waals surface area contributed by atoms with Crippen molar-refractivity contribution < 1.29 is 4.79 Å². The van der Waals surface area contributed by atoms with Crippen molar-refractivity contribution in [1.29, 1.82) is 0 Å². The Morgan fingerprint density at radius 2 is 1.94 bits per heavy atom. The summed E-state index contributed by atoms with van der Waals surface area (Å²) in [5.74, 6) is 0.905. The SMILES string of the molecule is CSC(C)(C)C[C@H](C)N1CCC(n2nccc2NC(=O)CCCc2ccccc2)CC1. The van der Waals surface area contributed by atoms with E-state index in [4.69, 9.17) is 0 Å². The van der Waals surface area contributed by atoms with Crippen LogP contribution in [0.3, 0.4) is 0 Å². The molecule has 2 aromatic rings. The Hall–Kier alpha value is -1.79. The number of carbonyl (C=O) groups excluding carboxylic acids is 1. The van der Waals surface area contributed by atoms with Crippen molar-refractivity contribution in [3.8, 4) is 0 Å². The molecule has 2 heterocycles. The molecule has 0 aliphatic carbocycles. The van der Waals surface area contributed by atoms with Crippen LogP contribution < -0.4 is 5.32 Å². The summed E-state index contributed by atoms with van der Waals surface area (Å²) in [6.45, 7) is 9.19. The van der Waals surface area contributed by atoms with E-state index in [9.17, 15) is 4.79 Å². The fourth-order valence-corrected chi connectivity index (χ4v) is 4.91. The first kappa shape index (κ1) is 23.9. The highest BCUT2D eigenvalue weighted by atomic mass is 32.2. The molecule has 1 atom stereocenters. The van der Waals surface area contributed by atoms with Gasteiger partial charge >= 0.3 is 0 Å². The monoisotopic (exact) mass is 442 g/mol. The van der Waals surface area contributed by atoms with Crippen LogP contribution in [0.1, 0.15) is 64.5 Å². The van der Waals surface area contributed by atoms with Crippen LogP contribution in [-0.4, -0.2) is 50.7 Å². The Labute approximate surface area is 192 Å². The van der Waals surface area contributed by atoms with Crippen molar-refractivity contribution in [1.82, 2.24) is 14.7 Å². The molecule has 1 fully saturated rings. The van der Waals surface area contributed by atoms with Crippen molar-refractivity contribution in [2.75, 3.05) is 24.7 Å². The van der Waals surface area contributed by atoms with Crippen molar-refractivity contribution >= 4 is 23.5 Å². The van der Waals surface area contributed by atoms with Gasteiger partial charge in [0.25, 0.3) is 0 Å². The topological polar surface area (TPSA) is 50.2 Å². The number of aryl methyl sites for hydroxylation is 1. The number of nitrogens with zero attached hydrogens (tertiary/aromatic N) is 3. The van der Waals surface area contributed by atoms with Crippen LogP contribution >= 0.6 is 11.8 Å². The molecular weight excluding hydrogens is 404 g/mol. The molecule has 0 bridgehead atoms. The third-order valence-electron chi connectivity index (χ3n) is 6.46. The molecule has 0 saturated carbocycles. The Morgan fingerprint density at radius 3 is 2.61 bits per heavy atom. The predicted octanol–water partition coefficient (Wildman–Crippen LogP) is 5.40. The number of thioether (sulfide) groups is 1. The summed E-state index contributed by atoms with van der Waals surface area (Å²) in [6, 6.07) is 13.2. The molecule has 1 aliphatic heterocycles. The summed E-state index contributed by atoms with van der Waals surface area (Å²) in [7, 11) is 0. The smallest absolute Gasteiger partial charge is 0.225 e. The van der Waals surface area contributed by atoms with E-state index in [2.05, 4.69) is 54.5 Å². The minimum Gasteiger partial charge on any atom is -0.311 e. The zero-order valence-electron chi connectivity index (χ0n) is 19.5. The van der Waals surface area contributed by atoms with Crippen LogP contribution in [0.5, 0.6) is 0 Å². The van der Waals surface area contributed by atoms with Gasteiger partial charge in [0.1, 0.15) is 5.82 Å². The average molecular weight is 443 g/mol. The molecular formula is C25H38N4OS. The van der Waals surface area contributed by atoms with E-state index in [1.807, 2.05) is 40.7 Å². The Morgan fingerprint density at radius 1 is 1.23 bits per heavy atom. The molecule has 31 heavy (non-hydrogen) atoms. The van der Waals surface area contributed by atoms with Crippen molar-refractivity contribution in [3.63, 3.8) is 0 Å². The Balaban J connectivity index is 1.46. The van der Waals surface area contributed by atoms with Crippen LogP contribution in [0, 0.1) is 0 Å². The lowest BCUT2D eigenvalue weighted by Gasteiger charge is -2.39. The number of piperidine rings is 1. The van der Waals surface area contributed by atoms with E-state index < -0.39 is 0 Å². The fraction of sp³-hybridized carbons (Fsp3) is 0.600. The van der Waals surface area contributed by atoms with Gasteiger partial charge in [-0.15, -0.1) is 0 Å². The summed E-state index contributed by atoms with van der Waals surface area (Å²) in [6.07, 6.45) is 9.66. The van der Waals surface area contributed by atoms with Gasteiger partial charge in [-0.1, -0.05) is 44.2 Å². The minimum absolute atomic E-state index is 0.0723. The summed E-state index contributed by atoms with van der Waals surface area (Å²) in [5.41, 5.74) is 1.28. The maximum atomic E-state index is 12.5. The molecule has 1 saturated heterocycles. The maximum absolute atomic E-state index is 12.5. The number of likely N-dealkylation sites (tertiary alicyclic amines) is 1. The van der Waals surface area contributed by atoms with Gasteiger partial charge in [-0.3, -0.25) is 4.79 Å². The number of hydrogen-bond donors (Lipinski definition) is 1. The number of aromatic nitrogens is 2. The number of rotatable bonds is 10. The molecule has 5 nitrogen and oxygen atoms in total. The molecule has 1 aromatic heterocycles. The number of carbonyl (C=O) groups is 1. The highest BCUT2D eigenvalue weighted by Crippen LogP contribution is 2.31. The first-order valence-electron chi connectivity index (χ1n) is 11.5. The normalized spacial score (nSPS) is 16.9. The van der Waals surface area contributed by atoms with Crippen LogP contribution in [0.4, 0.5) is 5.82 Å². The summed E-state index contributed by atoms with van der Waals surface area (Å²) in [5, 5.41) is 7.64. The molecule has 1 aromatic carbocycles. The Kier molecular flexibility index (Phi) is 8.61. The molecule has 0 unspecified atom stereocenters. The van der Waals surface area contributed by atoms with Gasteiger partial charge in [0.05, 0.1) is 12.2 Å². The number of nitrogens with one attached hydrogen (secondary N) is 1. The quantitative estimate of drug-likeness (QED) is 0.535. The van der Waals surface area contributed by atoms with E-state index in [1.165, 1.54) is 12.0 Å². The van der Waals surface area contributed by atoms with Crippen LogP contribution in [0.15, 0.2) is 42.6 Å². The largest absolute Gasteiger partial charge is 0.311 e. The van der Waals surface area contributed by atoms with Gasteiger partial charge in [0, 0.05) is 36.4 Å². The molecule has 0 radical (unpaired) electrons. The number of benzene rings is 1. The number of hydrogen-bond acceptors (Lipinski definition) is 4. The summed E-state index contributed by atoms with van der Waals surface area (Å²) in [4.78, 5) is 15.1. The maximum Gasteiger partial charge on any atom is 0.225 e. The van der Waals surface area contributed by atoms with Gasteiger partial charge in [0.2, 0.25) is 5.91 Å². The lowest BCUT2D eigenvalue weighted by atomic mass is 9.98. The van der Waals surface area contributed by atoms with Gasteiger partial charge in [-0.05, 0) is 50.8 Å². The average Bonchev–Trinajstić information content (AvgIpc) is 3.22. The van der Waals surface area contributed by atoms with Gasteiger partial charge in [-0.25, -0.2) is 4.68 Å². The standard InChI is InChI=1S/C25H38N4OS/c1-20(19-25(2,3)31-4)28-17-14-22(15-18-28)29-23(13-16-26-29)27-24(30)12-8-11-21-9-6-5-7-10-21/h5-7,9-10,13,16,20,22H,8,11-12,14-15,17-19H2,1-4H3,(H,27,30)/t20-/m0/s1. The third-order valence-corrected chi connectivity index (χ3v) is 7.73. The lowest BCUT2D eigenvalue weighted by Crippen LogP contribution is -2.43. The Bertz CT molecular complexity index is 812. The first-order chi connectivity index (χ1) is 14.9. The molecule has 1 amide bonds. The second-order valence-corrected chi connectivity index (χ2v) is 10.8. The van der Waals surface area contributed by atoms with Gasteiger partial charge in [-0.2, -0.15) is 16.9 Å². The van der Waals surface area contributed by atoms with Crippen molar-refractivity contribution in [2.45, 2.75) is 76.1 Å². The first-order valence-corrected chi connectivity index (χ1v) is 12.8. The molecule has 1 N–H and O–H groups in total. The molecule has 6 heteroatoms. The zero-order chi connectivity index (χ0) is 22.3. The summed E-state index contributed by atoms with van der Waals surface area (Å²) >= 11 is 1.95. The molecule has 170 valence electrons. The lowest BCUT2D eigenvalue weighted by molar-refractivity contribution is -0.116. The predicted molar refractivity (Wildman–Crippen MR) is 132 cm³/mol. The molecule has 1 aliphatic rings. The second kappa shape index (κ2) is 11.2. The zero-order valence-corrected chi connectivity index (χ0v) is 20.3. The van der Waals surface area contributed by atoms with Crippen molar-refractivity contribution in [2.24, 2.45) is 0 Å². The highest BCUT2D eigenvalue weighted by molar-refractivity contribution is 7.99. The molecule has 3 rings (SSSR count). The second-order valence-electron chi connectivity index (χ2n) is 9.33. The van der Waals surface area contributed by atoms with Crippen LogP contribution in [0.2, 0.25) is 0 Å². The van der Waals surface area contributed by atoms with Gasteiger partial charge < -0.3 is 10.2 Å². The highest BCUT2D eigenvalue weighted by Gasteiger charge is 2.28. The fourth-order valence-electron chi connectivity index (χ4n) is 4.50. The van der Waals surface area contributed by atoms with E-state index in [1.54, 1.807) is 6.20 Å². The van der Waals surface area contributed by atoms with E-state index in [-0.39, 0.29) is 5.91 Å². The number of amides is 1. The third kappa shape index (κ3) is 7.11. The van der Waals surface area contributed by atoms with E-state index in [0.29, 0.717) is 23.3 Å². The van der Waals surface area contributed by atoms with E-state index >= 15 is 0 Å². The van der Waals surface area contributed by atoms with Crippen LogP contribution in [-0.2, 0) is 11.2 Å². The number of anilines is 1. The molecule has 0 spiro atoms. The summed E-state index contributed by atoms with van der Waals surface area (Å²) < 4.78 is 2.35.